The van der Waals surface area contributed by atoms with E-state index in [0.717, 1.165) is 0 Å². The molecule has 0 aromatic carbocycles. The first kappa shape index (κ1) is 9.17. The summed E-state index contributed by atoms with van der Waals surface area (Å²) >= 11 is 0. The molecular formula is C6H9N5O2. The van der Waals surface area contributed by atoms with E-state index in [0.29, 0.717) is 0 Å². The third-order valence-corrected chi connectivity index (χ3v) is 1.49. The fourth-order valence-corrected chi connectivity index (χ4v) is 0.982. The van der Waals surface area contributed by atoms with Crippen molar-refractivity contribution < 1.29 is 4.92 Å². The van der Waals surface area contributed by atoms with Gasteiger partial charge in [0.25, 0.3) is 0 Å². The van der Waals surface area contributed by atoms with E-state index in [1.807, 2.05) is 0 Å². The van der Waals surface area contributed by atoms with Crippen LogP contribution >= 0.6 is 0 Å². The van der Waals surface area contributed by atoms with E-state index in [1.165, 1.54) is 14.0 Å². The van der Waals surface area contributed by atoms with Gasteiger partial charge in [-0.15, -0.1) is 0 Å². The minimum atomic E-state index is -0.541. The minimum absolute atomic E-state index is 0.0208. The van der Waals surface area contributed by atoms with Crippen molar-refractivity contribution in [1.29, 1.82) is 0 Å². The van der Waals surface area contributed by atoms with Crippen LogP contribution in [0.25, 0.3) is 0 Å². The molecule has 0 radical (unpaired) electrons. The second-order valence-corrected chi connectivity index (χ2v) is 2.37. The lowest BCUT2D eigenvalue weighted by Crippen LogP contribution is -2.06. The Bertz CT molecular complexity index is 351. The topological polar surface area (TPSA) is 107 Å². The van der Waals surface area contributed by atoms with Crippen LogP contribution in [0.15, 0.2) is 0 Å². The molecule has 0 bridgehead atoms. The van der Waals surface area contributed by atoms with Crippen LogP contribution in [0.2, 0.25) is 0 Å². The smallest absolute Gasteiger partial charge is 0.332 e. The van der Waals surface area contributed by atoms with Crippen LogP contribution < -0.4 is 11.1 Å². The van der Waals surface area contributed by atoms with Gasteiger partial charge in [0.1, 0.15) is 5.69 Å². The average molecular weight is 183 g/mol. The fraction of sp³-hybridized carbons (Fsp3) is 0.333. The first-order valence-electron chi connectivity index (χ1n) is 3.52. The summed E-state index contributed by atoms with van der Waals surface area (Å²) in [7, 11) is 1.54. The summed E-state index contributed by atoms with van der Waals surface area (Å²) in [6.45, 7) is 1.51. The van der Waals surface area contributed by atoms with E-state index < -0.39 is 4.92 Å². The highest BCUT2D eigenvalue weighted by molar-refractivity contribution is 5.59. The Labute approximate surface area is 74.1 Å². The van der Waals surface area contributed by atoms with Crippen molar-refractivity contribution in [2.45, 2.75) is 6.92 Å². The van der Waals surface area contributed by atoms with Gasteiger partial charge in [-0.2, -0.15) is 4.98 Å². The summed E-state index contributed by atoms with van der Waals surface area (Å²) in [5, 5.41) is 13.1. The molecule has 7 nitrogen and oxygen atoms in total. The molecule has 1 rings (SSSR count). The number of rotatable bonds is 2. The predicted molar refractivity (Wildman–Crippen MR) is 47.4 cm³/mol. The van der Waals surface area contributed by atoms with Crippen molar-refractivity contribution in [3.8, 4) is 0 Å². The molecular weight excluding hydrogens is 174 g/mol. The van der Waals surface area contributed by atoms with Crippen molar-refractivity contribution in [1.82, 2.24) is 9.97 Å². The van der Waals surface area contributed by atoms with Gasteiger partial charge in [0.2, 0.25) is 11.8 Å². The molecule has 0 aliphatic heterocycles. The van der Waals surface area contributed by atoms with E-state index >= 15 is 0 Å². The molecule has 0 unspecified atom stereocenters. The molecule has 0 aliphatic carbocycles. The van der Waals surface area contributed by atoms with E-state index in [4.69, 9.17) is 5.73 Å². The number of nitrogens with one attached hydrogen (secondary N) is 1. The third kappa shape index (κ3) is 1.63. The molecule has 70 valence electrons. The minimum Gasteiger partial charge on any atom is -0.368 e. The van der Waals surface area contributed by atoms with Crippen molar-refractivity contribution in [3.63, 3.8) is 0 Å². The SMILES string of the molecule is CNc1nc(N)nc(C)c1[N+](=O)[O-]. The molecule has 0 saturated heterocycles. The molecule has 0 amide bonds. The molecule has 0 spiro atoms. The Morgan fingerprint density at radius 2 is 2.15 bits per heavy atom. The predicted octanol–water partition coefficient (Wildman–Crippen LogP) is 0.317. The van der Waals surface area contributed by atoms with E-state index in [2.05, 4.69) is 15.3 Å². The number of aryl methyl sites for hydroxylation is 1. The van der Waals surface area contributed by atoms with Gasteiger partial charge in [-0.3, -0.25) is 10.1 Å². The number of nitrogens with two attached hydrogens (primary N) is 1. The Kier molecular flexibility index (Phi) is 2.27. The normalized spacial score (nSPS) is 9.69. The summed E-state index contributed by atoms with van der Waals surface area (Å²) in [5.74, 6) is 0.155. The fourth-order valence-electron chi connectivity index (χ4n) is 0.982. The number of nitrogens with zero attached hydrogens (tertiary/aromatic N) is 3. The zero-order valence-electron chi connectivity index (χ0n) is 7.24. The highest BCUT2D eigenvalue weighted by atomic mass is 16.6. The molecule has 0 saturated carbocycles. The van der Waals surface area contributed by atoms with E-state index in [9.17, 15) is 10.1 Å². The molecule has 1 aromatic rings. The van der Waals surface area contributed by atoms with Crippen molar-refractivity contribution in [2.24, 2.45) is 0 Å². The largest absolute Gasteiger partial charge is 0.368 e. The Balaban J connectivity index is 3.38. The molecule has 1 aromatic heterocycles. The summed E-state index contributed by atoms with van der Waals surface area (Å²) in [5.41, 5.74) is 5.43. The van der Waals surface area contributed by atoms with E-state index in [1.54, 1.807) is 0 Å². The van der Waals surface area contributed by atoms with Crippen LogP contribution in [0.4, 0.5) is 17.5 Å². The summed E-state index contributed by atoms with van der Waals surface area (Å²) < 4.78 is 0. The molecule has 0 atom stereocenters. The molecule has 1 heterocycles. The summed E-state index contributed by atoms with van der Waals surface area (Å²) in [6.07, 6.45) is 0. The maximum Gasteiger partial charge on any atom is 0.332 e. The second kappa shape index (κ2) is 3.21. The van der Waals surface area contributed by atoms with Crippen LogP contribution in [0.5, 0.6) is 0 Å². The monoisotopic (exact) mass is 183 g/mol. The van der Waals surface area contributed by atoms with Gasteiger partial charge < -0.3 is 11.1 Å². The summed E-state index contributed by atoms with van der Waals surface area (Å²) in [6, 6.07) is 0. The van der Waals surface area contributed by atoms with E-state index in [-0.39, 0.29) is 23.1 Å². The first-order valence-corrected chi connectivity index (χ1v) is 3.52. The number of nitrogen functional groups attached to an aromatic ring is 1. The van der Waals surface area contributed by atoms with Gasteiger partial charge in [0.05, 0.1) is 4.92 Å². The zero-order chi connectivity index (χ0) is 10.0. The number of hydrogen-bond acceptors (Lipinski definition) is 6. The van der Waals surface area contributed by atoms with Crippen molar-refractivity contribution in [3.05, 3.63) is 15.8 Å². The van der Waals surface area contributed by atoms with Gasteiger partial charge in [-0.1, -0.05) is 0 Å². The maximum atomic E-state index is 10.6. The lowest BCUT2D eigenvalue weighted by molar-refractivity contribution is -0.385. The lowest BCUT2D eigenvalue weighted by Gasteiger charge is -2.03. The number of hydrogen-bond donors (Lipinski definition) is 2. The number of aromatic nitrogens is 2. The van der Waals surface area contributed by atoms with Gasteiger partial charge in [0.15, 0.2) is 0 Å². The lowest BCUT2D eigenvalue weighted by atomic mass is 10.3. The van der Waals surface area contributed by atoms with Crippen LogP contribution in [0.1, 0.15) is 5.69 Å². The molecule has 0 fully saturated rings. The third-order valence-electron chi connectivity index (χ3n) is 1.49. The maximum absolute atomic E-state index is 10.6. The zero-order valence-corrected chi connectivity index (χ0v) is 7.24. The van der Waals surface area contributed by atoms with Gasteiger partial charge in [0, 0.05) is 7.05 Å². The molecule has 3 N–H and O–H groups in total. The van der Waals surface area contributed by atoms with Gasteiger partial charge >= 0.3 is 5.69 Å². The second-order valence-electron chi connectivity index (χ2n) is 2.37. The van der Waals surface area contributed by atoms with Gasteiger partial charge in [-0.25, -0.2) is 4.98 Å². The summed E-state index contributed by atoms with van der Waals surface area (Å²) in [4.78, 5) is 17.4. The van der Waals surface area contributed by atoms with Crippen LogP contribution in [-0.4, -0.2) is 21.9 Å². The standard InChI is InChI=1S/C6H9N5O2/c1-3-4(11(12)13)5(8-2)10-6(7)9-3/h1-2H3,(H3,7,8,9,10). The van der Waals surface area contributed by atoms with Gasteiger partial charge in [-0.05, 0) is 6.92 Å². The molecule has 7 heteroatoms. The highest BCUT2D eigenvalue weighted by Gasteiger charge is 2.19. The molecule has 0 aliphatic rings. The quantitative estimate of drug-likeness (QED) is 0.505. The number of nitro groups is 1. The van der Waals surface area contributed by atoms with Crippen LogP contribution in [-0.2, 0) is 0 Å². The highest BCUT2D eigenvalue weighted by Crippen LogP contribution is 2.24. The average Bonchev–Trinajstić information content (AvgIpc) is 2.01. The van der Waals surface area contributed by atoms with Crippen LogP contribution in [0.3, 0.4) is 0 Å². The molecule has 13 heavy (non-hydrogen) atoms. The van der Waals surface area contributed by atoms with Crippen molar-refractivity contribution >= 4 is 17.5 Å². The first-order chi connectivity index (χ1) is 6.06. The Morgan fingerprint density at radius 3 is 2.62 bits per heavy atom. The number of anilines is 2. The van der Waals surface area contributed by atoms with Crippen molar-refractivity contribution in [2.75, 3.05) is 18.1 Å². The Hall–Kier alpha value is -1.92. The Morgan fingerprint density at radius 1 is 1.54 bits per heavy atom. The van der Waals surface area contributed by atoms with Crippen LogP contribution in [0, 0.1) is 17.0 Å².